The second-order valence-electron chi connectivity index (χ2n) is 5.13. The molecule has 0 saturated carbocycles. The van der Waals surface area contributed by atoms with Gasteiger partial charge < -0.3 is 10.6 Å². The number of halogens is 1. The Kier molecular flexibility index (Phi) is 5.33. The molecule has 2 aromatic rings. The molecule has 2 N–H and O–H groups in total. The van der Waals surface area contributed by atoms with Gasteiger partial charge in [-0.25, -0.2) is 0 Å². The summed E-state index contributed by atoms with van der Waals surface area (Å²) in [6.45, 7) is 6.71. The predicted molar refractivity (Wildman–Crippen MR) is 87.0 cm³/mol. The number of hydrogen-bond acceptors (Lipinski definition) is 5. The first-order valence-electron chi connectivity index (χ1n) is 7.00. The van der Waals surface area contributed by atoms with E-state index in [1.165, 1.54) is 5.56 Å². The minimum Gasteiger partial charge on any atom is -0.354 e. The standard InChI is InChI=1S/C15H20ClN5/c1-10(2)18-15-20-11(3)19-14(21-15)17-9-8-12-4-6-13(16)7-5-12/h4-7,10H,8-9H2,1-3H3,(H2,17,18,19,20,21). The Labute approximate surface area is 130 Å². The van der Waals surface area contributed by atoms with Gasteiger partial charge in [0.1, 0.15) is 5.82 Å². The molecule has 1 heterocycles. The highest BCUT2D eigenvalue weighted by Gasteiger charge is 2.04. The zero-order valence-electron chi connectivity index (χ0n) is 12.5. The number of nitrogens with one attached hydrogen (secondary N) is 2. The first kappa shape index (κ1) is 15.5. The Morgan fingerprint density at radius 2 is 1.71 bits per heavy atom. The highest BCUT2D eigenvalue weighted by Crippen LogP contribution is 2.10. The molecule has 1 aromatic carbocycles. The van der Waals surface area contributed by atoms with Crippen LogP contribution in [0, 0.1) is 6.92 Å². The number of anilines is 2. The summed E-state index contributed by atoms with van der Waals surface area (Å²) in [6.07, 6.45) is 0.884. The molecule has 0 atom stereocenters. The van der Waals surface area contributed by atoms with Crippen LogP contribution in [0.3, 0.4) is 0 Å². The van der Waals surface area contributed by atoms with Gasteiger partial charge in [-0.3, -0.25) is 0 Å². The lowest BCUT2D eigenvalue weighted by Gasteiger charge is -2.10. The third-order valence-electron chi connectivity index (χ3n) is 2.78. The molecule has 21 heavy (non-hydrogen) atoms. The first-order chi connectivity index (χ1) is 10.0. The van der Waals surface area contributed by atoms with E-state index in [9.17, 15) is 0 Å². The van der Waals surface area contributed by atoms with E-state index in [1.54, 1.807) is 0 Å². The van der Waals surface area contributed by atoms with Crippen LogP contribution in [-0.4, -0.2) is 27.5 Å². The average Bonchev–Trinajstić information content (AvgIpc) is 2.39. The lowest BCUT2D eigenvalue weighted by Crippen LogP contribution is -2.16. The second kappa shape index (κ2) is 7.22. The summed E-state index contributed by atoms with van der Waals surface area (Å²) in [7, 11) is 0. The summed E-state index contributed by atoms with van der Waals surface area (Å²) in [4.78, 5) is 12.9. The fourth-order valence-corrected chi connectivity index (χ4v) is 1.98. The van der Waals surface area contributed by atoms with Gasteiger partial charge in [-0.1, -0.05) is 23.7 Å². The summed E-state index contributed by atoms with van der Waals surface area (Å²) in [5.74, 6) is 1.90. The molecule has 6 heteroatoms. The van der Waals surface area contributed by atoms with E-state index in [4.69, 9.17) is 11.6 Å². The van der Waals surface area contributed by atoms with Gasteiger partial charge in [-0.2, -0.15) is 15.0 Å². The largest absolute Gasteiger partial charge is 0.354 e. The van der Waals surface area contributed by atoms with E-state index in [0.717, 1.165) is 18.0 Å². The SMILES string of the molecule is Cc1nc(NCCc2ccc(Cl)cc2)nc(NC(C)C)n1. The number of rotatable bonds is 6. The zero-order valence-corrected chi connectivity index (χ0v) is 13.3. The smallest absolute Gasteiger partial charge is 0.227 e. The molecular weight excluding hydrogens is 286 g/mol. The van der Waals surface area contributed by atoms with E-state index in [-0.39, 0.29) is 6.04 Å². The van der Waals surface area contributed by atoms with Crippen molar-refractivity contribution in [1.29, 1.82) is 0 Å². The third-order valence-corrected chi connectivity index (χ3v) is 3.03. The van der Waals surface area contributed by atoms with Gasteiger partial charge in [0, 0.05) is 17.6 Å². The molecule has 5 nitrogen and oxygen atoms in total. The Morgan fingerprint density at radius 1 is 1.05 bits per heavy atom. The van der Waals surface area contributed by atoms with Gasteiger partial charge in [-0.05, 0) is 44.9 Å². The maximum Gasteiger partial charge on any atom is 0.227 e. The van der Waals surface area contributed by atoms with Crippen LogP contribution in [0.5, 0.6) is 0 Å². The van der Waals surface area contributed by atoms with Crippen molar-refractivity contribution in [1.82, 2.24) is 15.0 Å². The van der Waals surface area contributed by atoms with Gasteiger partial charge in [0.2, 0.25) is 11.9 Å². The first-order valence-corrected chi connectivity index (χ1v) is 7.38. The highest BCUT2D eigenvalue weighted by molar-refractivity contribution is 6.30. The van der Waals surface area contributed by atoms with Crippen molar-refractivity contribution in [3.8, 4) is 0 Å². The van der Waals surface area contributed by atoms with Crippen molar-refractivity contribution in [2.75, 3.05) is 17.2 Å². The Balaban J connectivity index is 1.93. The number of aryl methyl sites for hydroxylation is 1. The van der Waals surface area contributed by atoms with Crippen LogP contribution in [-0.2, 0) is 6.42 Å². The van der Waals surface area contributed by atoms with Gasteiger partial charge >= 0.3 is 0 Å². The zero-order chi connectivity index (χ0) is 15.2. The van der Waals surface area contributed by atoms with E-state index in [0.29, 0.717) is 17.7 Å². The molecule has 0 unspecified atom stereocenters. The fraction of sp³-hybridized carbons (Fsp3) is 0.400. The van der Waals surface area contributed by atoms with Gasteiger partial charge in [0.25, 0.3) is 0 Å². The van der Waals surface area contributed by atoms with Crippen LogP contribution in [0.2, 0.25) is 5.02 Å². The van der Waals surface area contributed by atoms with Gasteiger partial charge in [-0.15, -0.1) is 0 Å². The normalized spacial score (nSPS) is 10.7. The maximum absolute atomic E-state index is 5.87. The summed E-state index contributed by atoms with van der Waals surface area (Å²) < 4.78 is 0. The molecule has 0 saturated heterocycles. The molecule has 0 fully saturated rings. The summed E-state index contributed by atoms with van der Waals surface area (Å²) >= 11 is 5.87. The molecule has 0 radical (unpaired) electrons. The van der Waals surface area contributed by atoms with E-state index in [2.05, 4.69) is 25.6 Å². The number of aromatic nitrogens is 3. The number of hydrogen-bond donors (Lipinski definition) is 2. The monoisotopic (exact) mass is 305 g/mol. The minimum absolute atomic E-state index is 0.286. The van der Waals surface area contributed by atoms with Crippen LogP contribution in [0.25, 0.3) is 0 Å². The molecule has 2 rings (SSSR count). The minimum atomic E-state index is 0.286. The van der Waals surface area contributed by atoms with Gasteiger partial charge in [0.15, 0.2) is 0 Å². The Hall–Kier alpha value is -1.88. The van der Waals surface area contributed by atoms with Crippen molar-refractivity contribution in [3.63, 3.8) is 0 Å². The van der Waals surface area contributed by atoms with Gasteiger partial charge in [0.05, 0.1) is 0 Å². The molecule has 1 aromatic heterocycles. The van der Waals surface area contributed by atoms with Crippen molar-refractivity contribution in [2.45, 2.75) is 33.2 Å². The van der Waals surface area contributed by atoms with Crippen molar-refractivity contribution in [3.05, 3.63) is 40.7 Å². The van der Waals surface area contributed by atoms with Crippen LogP contribution < -0.4 is 10.6 Å². The second-order valence-corrected chi connectivity index (χ2v) is 5.57. The lowest BCUT2D eigenvalue weighted by molar-refractivity contribution is 0.853. The molecule has 112 valence electrons. The average molecular weight is 306 g/mol. The van der Waals surface area contributed by atoms with Crippen molar-refractivity contribution >= 4 is 23.5 Å². The Morgan fingerprint density at radius 3 is 2.38 bits per heavy atom. The molecule has 0 spiro atoms. The number of nitrogens with zero attached hydrogens (tertiary/aromatic N) is 3. The van der Waals surface area contributed by atoms with Crippen LogP contribution >= 0.6 is 11.6 Å². The molecular formula is C15H20ClN5. The van der Waals surface area contributed by atoms with Crippen molar-refractivity contribution in [2.24, 2.45) is 0 Å². The molecule has 0 aliphatic heterocycles. The van der Waals surface area contributed by atoms with E-state index in [1.807, 2.05) is 45.0 Å². The lowest BCUT2D eigenvalue weighted by atomic mass is 10.1. The summed E-state index contributed by atoms with van der Waals surface area (Å²) in [5.41, 5.74) is 1.22. The highest BCUT2D eigenvalue weighted by atomic mass is 35.5. The van der Waals surface area contributed by atoms with Crippen LogP contribution in [0.1, 0.15) is 25.2 Å². The molecule has 0 bridgehead atoms. The quantitative estimate of drug-likeness (QED) is 0.857. The topological polar surface area (TPSA) is 62.7 Å². The van der Waals surface area contributed by atoms with Crippen molar-refractivity contribution < 1.29 is 0 Å². The van der Waals surface area contributed by atoms with Crippen LogP contribution in [0.4, 0.5) is 11.9 Å². The molecule has 0 aliphatic rings. The van der Waals surface area contributed by atoms with E-state index >= 15 is 0 Å². The Bertz CT molecular complexity index is 583. The summed E-state index contributed by atoms with van der Waals surface area (Å²) in [5, 5.41) is 7.16. The third kappa shape index (κ3) is 5.19. The molecule has 0 aliphatic carbocycles. The fourth-order valence-electron chi connectivity index (χ4n) is 1.85. The number of benzene rings is 1. The van der Waals surface area contributed by atoms with Crippen LogP contribution in [0.15, 0.2) is 24.3 Å². The predicted octanol–water partition coefficient (Wildman–Crippen LogP) is 3.31. The maximum atomic E-state index is 5.87. The molecule has 0 amide bonds. The summed E-state index contributed by atoms with van der Waals surface area (Å²) in [6, 6.07) is 8.13. The van der Waals surface area contributed by atoms with E-state index < -0.39 is 0 Å².